The number of hydrogen-bond acceptors (Lipinski definition) is 3. The molecule has 1 heterocycles. The Morgan fingerprint density at radius 1 is 1.28 bits per heavy atom. The molecule has 0 aromatic heterocycles. The summed E-state index contributed by atoms with van der Waals surface area (Å²) in [5, 5.41) is 3.41. The Hall–Kier alpha value is -0.970. The van der Waals surface area contributed by atoms with Crippen molar-refractivity contribution in [3.8, 4) is 0 Å². The summed E-state index contributed by atoms with van der Waals surface area (Å²) >= 11 is 5.27. The minimum absolute atomic E-state index is 0.0699. The summed E-state index contributed by atoms with van der Waals surface area (Å²) in [5.74, 6) is 0. The Morgan fingerprint density at radius 2 is 2.00 bits per heavy atom. The van der Waals surface area contributed by atoms with Crippen LogP contribution in [0.1, 0.15) is 23.6 Å². The van der Waals surface area contributed by atoms with E-state index in [9.17, 15) is 0 Å². The van der Waals surface area contributed by atoms with Crippen LogP contribution in [0.3, 0.4) is 0 Å². The van der Waals surface area contributed by atoms with Gasteiger partial charge in [0.2, 0.25) is 0 Å². The number of nitrogens with zero attached hydrogens (tertiary/aromatic N) is 1. The molecule has 18 heavy (non-hydrogen) atoms. The van der Waals surface area contributed by atoms with Gasteiger partial charge in [0.05, 0.1) is 11.0 Å². The van der Waals surface area contributed by atoms with Gasteiger partial charge in [0, 0.05) is 19.6 Å². The minimum atomic E-state index is 0.0699. The average molecular weight is 263 g/mol. The van der Waals surface area contributed by atoms with Gasteiger partial charge in [-0.2, -0.15) is 0 Å². The molecule has 1 fully saturated rings. The molecule has 0 amide bonds. The van der Waals surface area contributed by atoms with Crippen molar-refractivity contribution in [2.24, 2.45) is 5.73 Å². The zero-order valence-electron chi connectivity index (χ0n) is 10.9. The van der Waals surface area contributed by atoms with Crippen LogP contribution in [0.2, 0.25) is 0 Å². The van der Waals surface area contributed by atoms with E-state index in [-0.39, 0.29) is 6.04 Å². The van der Waals surface area contributed by atoms with Crippen molar-refractivity contribution < 1.29 is 0 Å². The monoisotopic (exact) mass is 263 g/mol. The van der Waals surface area contributed by atoms with Crippen LogP contribution >= 0.6 is 12.2 Å². The van der Waals surface area contributed by atoms with Crippen LogP contribution in [-0.2, 0) is 0 Å². The number of benzene rings is 1. The van der Waals surface area contributed by atoms with Crippen LogP contribution in [0.5, 0.6) is 0 Å². The number of hydrogen-bond donors (Lipinski definition) is 2. The summed E-state index contributed by atoms with van der Waals surface area (Å²) in [5.41, 5.74) is 8.42. The van der Waals surface area contributed by atoms with Gasteiger partial charge < -0.3 is 11.1 Å². The maximum absolute atomic E-state index is 5.96. The summed E-state index contributed by atoms with van der Waals surface area (Å²) < 4.78 is 0. The summed E-state index contributed by atoms with van der Waals surface area (Å²) in [4.78, 5) is 2.95. The van der Waals surface area contributed by atoms with Crippen molar-refractivity contribution in [2.45, 2.75) is 19.4 Å². The highest BCUT2D eigenvalue weighted by Gasteiger charge is 2.23. The Kier molecular flexibility index (Phi) is 4.69. The highest BCUT2D eigenvalue weighted by molar-refractivity contribution is 7.80. The Morgan fingerprint density at radius 3 is 2.67 bits per heavy atom. The van der Waals surface area contributed by atoms with Gasteiger partial charge in [-0.25, -0.2) is 0 Å². The fraction of sp³-hybridized carbons (Fsp3) is 0.500. The van der Waals surface area contributed by atoms with Gasteiger partial charge in [-0.15, -0.1) is 0 Å². The Bertz CT molecular complexity index is 394. The zero-order valence-corrected chi connectivity index (χ0v) is 11.7. The third-order valence-corrected chi connectivity index (χ3v) is 3.63. The molecule has 0 saturated carbocycles. The normalized spacial score (nSPS) is 19.2. The van der Waals surface area contributed by atoms with Crippen LogP contribution in [-0.4, -0.2) is 36.1 Å². The maximum Gasteiger partial charge on any atom is 0.0948 e. The molecule has 1 aromatic rings. The van der Waals surface area contributed by atoms with Crippen molar-refractivity contribution in [2.75, 3.05) is 26.2 Å². The van der Waals surface area contributed by atoms with Gasteiger partial charge in [-0.05, 0) is 25.5 Å². The van der Waals surface area contributed by atoms with E-state index >= 15 is 0 Å². The molecule has 3 nitrogen and oxygen atoms in total. The van der Waals surface area contributed by atoms with E-state index in [1.165, 1.54) is 11.1 Å². The summed E-state index contributed by atoms with van der Waals surface area (Å²) in [7, 11) is 0. The van der Waals surface area contributed by atoms with Crippen molar-refractivity contribution in [1.82, 2.24) is 10.2 Å². The number of rotatable bonds is 3. The Balaban J connectivity index is 2.21. The van der Waals surface area contributed by atoms with E-state index in [2.05, 4.69) is 41.4 Å². The first-order valence-corrected chi connectivity index (χ1v) is 6.90. The smallest absolute Gasteiger partial charge is 0.0948 e. The molecular formula is C14H21N3S. The summed E-state index contributed by atoms with van der Waals surface area (Å²) in [6, 6.07) is 8.59. The molecule has 98 valence electrons. The van der Waals surface area contributed by atoms with Crippen molar-refractivity contribution >= 4 is 17.2 Å². The largest absolute Gasteiger partial charge is 0.392 e. The molecular weight excluding hydrogens is 242 g/mol. The lowest BCUT2D eigenvalue weighted by atomic mass is 10.0. The fourth-order valence-electron chi connectivity index (χ4n) is 2.43. The third-order valence-electron chi connectivity index (χ3n) is 3.40. The fourth-order valence-corrected chi connectivity index (χ4v) is 2.71. The van der Waals surface area contributed by atoms with Gasteiger partial charge in [0.15, 0.2) is 0 Å². The van der Waals surface area contributed by atoms with Gasteiger partial charge >= 0.3 is 0 Å². The Labute approximate surface area is 114 Å². The molecule has 1 saturated heterocycles. The average Bonchev–Trinajstić information content (AvgIpc) is 2.60. The van der Waals surface area contributed by atoms with E-state index in [0.717, 1.165) is 32.6 Å². The van der Waals surface area contributed by atoms with E-state index in [1.807, 2.05) is 0 Å². The highest BCUT2D eigenvalue weighted by Crippen LogP contribution is 2.22. The third kappa shape index (κ3) is 3.28. The van der Waals surface area contributed by atoms with Gasteiger partial charge in [-0.1, -0.05) is 42.0 Å². The molecule has 0 spiro atoms. The predicted octanol–water partition coefficient (Wildman–Crippen LogP) is 1.62. The van der Waals surface area contributed by atoms with Gasteiger partial charge in [-0.3, -0.25) is 4.90 Å². The topological polar surface area (TPSA) is 41.3 Å². The second-order valence-corrected chi connectivity index (χ2v) is 5.33. The first-order chi connectivity index (χ1) is 8.68. The molecule has 0 bridgehead atoms. The molecule has 1 aliphatic heterocycles. The zero-order chi connectivity index (χ0) is 13.0. The van der Waals surface area contributed by atoms with E-state index in [0.29, 0.717) is 4.99 Å². The predicted molar refractivity (Wildman–Crippen MR) is 79.8 cm³/mol. The number of nitrogens with two attached hydrogens (primary N) is 1. The molecule has 1 aliphatic rings. The number of thiocarbonyl (C=S) groups is 1. The molecule has 2 rings (SSSR count). The van der Waals surface area contributed by atoms with Gasteiger partial charge in [0.25, 0.3) is 0 Å². The second kappa shape index (κ2) is 6.27. The highest BCUT2D eigenvalue weighted by atomic mass is 32.1. The number of nitrogens with one attached hydrogen (secondary N) is 1. The summed E-state index contributed by atoms with van der Waals surface area (Å²) in [6.07, 6.45) is 1.14. The van der Waals surface area contributed by atoms with Crippen molar-refractivity contribution in [1.29, 1.82) is 0 Å². The van der Waals surface area contributed by atoms with E-state index < -0.39 is 0 Å². The quantitative estimate of drug-likeness (QED) is 0.813. The van der Waals surface area contributed by atoms with Gasteiger partial charge in [0.1, 0.15) is 0 Å². The van der Waals surface area contributed by atoms with Crippen LogP contribution in [0.4, 0.5) is 0 Å². The van der Waals surface area contributed by atoms with Crippen LogP contribution in [0, 0.1) is 6.92 Å². The molecule has 0 radical (unpaired) electrons. The van der Waals surface area contributed by atoms with Crippen LogP contribution in [0.25, 0.3) is 0 Å². The van der Waals surface area contributed by atoms with E-state index in [4.69, 9.17) is 18.0 Å². The van der Waals surface area contributed by atoms with Crippen molar-refractivity contribution in [3.05, 3.63) is 35.4 Å². The molecule has 4 heteroatoms. The lowest BCUT2D eigenvalue weighted by Crippen LogP contribution is -2.39. The van der Waals surface area contributed by atoms with Crippen LogP contribution in [0.15, 0.2) is 24.3 Å². The molecule has 1 unspecified atom stereocenters. The summed E-state index contributed by atoms with van der Waals surface area (Å²) in [6.45, 7) is 6.22. The lowest BCUT2D eigenvalue weighted by molar-refractivity contribution is 0.261. The lowest BCUT2D eigenvalue weighted by Gasteiger charge is -2.30. The SMILES string of the molecule is Cc1ccc(C(C(N)=S)N2CCCNCC2)cc1. The molecule has 0 aliphatic carbocycles. The number of aryl methyl sites for hydroxylation is 1. The van der Waals surface area contributed by atoms with Crippen molar-refractivity contribution in [3.63, 3.8) is 0 Å². The molecule has 1 aromatic carbocycles. The molecule has 1 atom stereocenters. The first kappa shape index (κ1) is 13.5. The maximum atomic E-state index is 5.96. The molecule has 3 N–H and O–H groups in total. The second-order valence-electron chi connectivity index (χ2n) is 4.86. The van der Waals surface area contributed by atoms with E-state index in [1.54, 1.807) is 0 Å². The first-order valence-electron chi connectivity index (χ1n) is 6.49. The minimum Gasteiger partial charge on any atom is -0.392 e. The van der Waals surface area contributed by atoms with Crippen LogP contribution < -0.4 is 11.1 Å². The standard InChI is InChI=1S/C14H21N3S/c1-11-3-5-12(6-4-11)13(14(15)18)17-9-2-7-16-8-10-17/h3-6,13,16H,2,7-10H2,1H3,(H2,15,18).